The minimum Gasteiger partial charge on any atom is -0.453 e. The zero-order chi connectivity index (χ0) is 22.2. The second kappa shape index (κ2) is 7.80. The quantitative estimate of drug-likeness (QED) is 0.697. The van der Waals surface area contributed by atoms with Gasteiger partial charge in [0.1, 0.15) is 5.75 Å². The topological polar surface area (TPSA) is 84.9 Å². The lowest BCUT2D eigenvalue weighted by Gasteiger charge is -2.28. The van der Waals surface area contributed by atoms with Crippen molar-refractivity contribution in [3.63, 3.8) is 0 Å². The van der Waals surface area contributed by atoms with Gasteiger partial charge in [-0.1, -0.05) is 23.9 Å². The molecule has 1 unspecified atom stereocenters. The molecule has 0 radical (unpaired) electrons. The van der Waals surface area contributed by atoms with Gasteiger partial charge in [-0.3, -0.25) is 14.5 Å². The standard InChI is InChI=1S/C20H15F3N2O5S/c21-20(22,23)30-13-7-5-12(6-8-13)24-16(26)11-29-18(28)19-10-9-17(27)25(19)14-3-1-2-4-15(14)31-19/h1-8H,9-11H2,(H,24,26). The van der Waals surface area contributed by atoms with Crippen LogP contribution in [0.15, 0.2) is 53.4 Å². The third-order valence-electron chi connectivity index (χ3n) is 4.70. The van der Waals surface area contributed by atoms with Crippen molar-refractivity contribution in [2.24, 2.45) is 0 Å². The van der Waals surface area contributed by atoms with Gasteiger partial charge in [0.25, 0.3) is 5.91 Å². The molecule has 2 amide bonds. The number of esters is 1. The van der Waals surface area contributed by atoms with Gasteiger partial charge in [0.05, 0.1) is 5.69 Å². The number of rotatable bonds is 5. The fourth-order valence-electron chi connectivity index (χ4n) is 3.45. The van der Waals surface area contributed by atoms with Crippen molar-refractivity contribution >= 4 is 40.9 Å². The summed E-state index contributed by atoms with van der Waals surface area (Å²) in [7, 11) is 0. The third-order valence-corrected chi connectivity index (χ3v) is 6.15. The van der Waals surface area contributed by atoms with E-state index in [1.54, 1.807) is 24.3 Å². The second-order valence-electron chi connectivity index (χ2n) is 6.78. The average molecular weight is 452 g/mol. The Morgan fingerprint density at radius 3 is 2.55 bits per heavy atom. The summed E-state index contributed by atoms with van der Waals surface area (Å²) in [6.07, 6.45) is -4.37. The normalized spacial score (nSPS) is 19.6. The Labute approximate surface area is 178 Å². The molecular weight excluding hydrogens is 437 g/mol. The molecule has 1 saturated heterocycles. The number of hydrogen-bond acceptors (Lipinski definition) is 6. The molecule has 0 spiro atoms. The molecule has 1 N–H and O–H groups in total. The average Bonchev–Trinajstić information content (AvgIpc) is 3.22. The first-order valence-corrected chi connectivity index (χ1v) is 9.94. The van der Waals surface area contributed by atoms with E-state index in [1.165, 1.54) is 28.8 Å². The zero-order valence-electron chi connectivity index (χ0n) is 15.8. The fourth-order valence-corrected chi connectivity index (χ4v) is 4.87. The SMILES string of the molecule is O=C(COC(=O)C12CCC(=O)N1c1ccccc1S2)Nc1ccc(OC(F)(F)F)cc1. The van der Waals surface area contributed by atoms with E-state index in [9.17, 15) is 27.6 Å². The fraction of sp³-hybridized carbons (Fsp3) is 0.250. The van der Waals surface area contributed by atoms with E-state index >= 15 is 0 Å². The molecule has 7 nitrogen and oxygen atoms in total. The number of halogens is 3. The van der Waals surface area contributed by atoms with Gasteiger partial charge in [0, 0.05) is 23.4 Å². The van der Waals surface area contributed by atoms with Crippen LogP contribution in [0.1, 0.15) is 12.8 Å². The van der Waals surface area contributed by atoms with Crippen LogP contribution in [0.4, 0.5) is 24.5 Å². The maximum atomic E-state index is 12.9. The van der Waals surface area contributed by atoms with Crippen LogP contribution in [0.3, 0.4) is 0 Å². The minimum atomic E-state index is -4.81. The largest absolute Gasteiger partial charge is 0.573 e. The molecule has 0 aliphatic carbocycles. The number of alkyl halides is 3. The molecule has 1 atom stereocenters. The third kappa shape index (κ3) is 4.18. The molecule has 1 fully saturated rings. The molecule has 4 rings (SSSR count). The molecule has 2 aliphatic rings. The Balaban J connectivity index is 1.37. The van der Waals surface area contributed by atoms with E-state index in [0.29, 0.717) is 5.69 Å². The highest BCUT2D eigenvalue weighted by Crippen LogP contribution is 2.56. The smallest absolute Gasteiger partial charge is 0.453 e. The Bertz CT molecular complexity index is 1040. The number of amides is 2. The lowest BCUT2D eigenvalue weighted by Crippen LogP contribution is -2.48. The van der Waals surface area contributed by atoms with Crippen LogP contribution < -0.4 is 15.0 Å². The lowest BCUT2D eigenvalue weighted by atomic mass is 10.2. The number of carbonyl (C=O) groups is 3. The van der Waals surface area contributed by atoms with Crippen LogP contribution in [0.5, 0.6) is 5.75 Å². The summed E-state index contributed by atoms with van der Waals surface area (Å²) < 4.78 is 45.5. The number of hydrogen-bond donors (Lipinski definition) is 1. The van der Waals surface area contributed by atoms with Gasteiger partial charge < -0.3 is 14.8 Å². The highest BCUT2D eigenvalue weighted by molar-refractivity contribution is 8.02. The Hall–Kier alpha value is -3.21. The van der Waals surface area contributed by atoms with Crippen molar-refractivity contribution < 1.29 is 37.0 Å². The summed E-state index contributed by atoms with van der Waals surface area (Å²) in [5.74, 6) is -2.01. The second-order valence-corrected chi connectivity index (χ2v) is 8.10. The highest BCUT2D eigenvalue weighted by atomic mass is 32.2. The van der Waals surface area contributed by atoms with Crippen molar-refractivity contribution in [2.75, 3.05) is 16.8 Å². The van der Waals surface area contributed by atoms with E-state index in [1.807, 2.05) is 0 Å². The molecule has 31 heavy (non-hydrogen) atoms. The van der Waals surface area contributed by atoms with E-state index in [2.05, 4.69) is 10.1 Å². The van der Waals surface area contributed by atoms with Crippen molar-refractivity contribution in [1.82, 2.24) is 0 Å². The van der Waals surface area contributed by atoms with Crippen LogP contribution >= 0.6 is 11.8 Å². The molecule has 0 bridgehead atoms. The van der Waals surface area contributed by atoms with Crippen molar-refractivity contribution in [2.45, 2.75) is 29.0 Å². The number of fused-ring (bicyclic) bond motifs is 3. The van der Waals surface area contributed by atoms with Crippen LogP contribution in [0.2, 0.25) is 0 Å². The molecule has 2 aromatic rings. The number of anilines is 2. The maximum absolute atomic E-state index is 12.9. The van der Waals surface area contributed by atoms with Crippen LogP contribution in [0.25, 0.3) is 0 Å². The summed E-state index contributed by atoms with van der Waals surface area (Å²) in [6, 6.07) is 11.7. The summed E-state index contributed by atoms with van der Waals surface area (Å²) in [6.45, 7) is -0.611. The van der Waals surface area contributed by atoms with Crippen LogP contribution in [0, 0.1) is 0 Å². The van der Waals surface area contributed by atoms with Gasteiger partial charge in [-0.15, -0.1) is 13.2 Å². The van der Waals surface area contributed by atoms with E-state index in [-0.39, 0.29) is 24.4 Å². The van der Waals surface area contributed by atoms with E-state index in [4.69, 9.17) is 4.74 Å². The molecule has 0 saturated carbocycles. The molecule has 2 heterocycles. The first-order valence-electron chi connectivity index (χ1n) is 9.12. The molecule has 2 aliphatic heterocycles. The number of carbonyl (C=O) groups excluding carboxylic acids is 3. The first-order chi connectivity index (χ1) is 14.7. The predicted octanol–water partition coefficient (Wildman–Crippen LogP) is 3.70. The lowest BCUT2D eigenvalue weighted by molar-refractivity contribution is -0.274. The summed E-state index contributed by atoms with van der Waals surface area (Å²) in [5, 5.41) is 2.42. The number of thioether (sulfide) groups is 1. The molecule has 162 valence electrons. The van der Waals surface area contributed by atoms with Gasteiger partial charge in [-0.2, -0.15) is 0 Å². The van der Waals surface area contributed by atoms with Gasteiger partial charge in [0.15, 0.2) is 11.5 Å². The van der Waals surface area contributed by atoms with Crippen LogP contribution in [-0.4, -0.2) is 35.6 Å². The zero-order valence-corrected chi connectivity index (χ0v) is 16.6. The van der Waals surface area contributed by atoms with Gasteiger partial charge >= 0.3 is 12.3 Å². The summed E-state index contributed by atoms with van der Waals surface area (Å²) in [4.78, 5) is 38.3. The monoisotopic (exact) mass is 452 g/mol. The summed E-state index contributed by atoms with van der Waals surface area (Å²) >= 11 is 1.22. The molecule has 0 aromatic heterocycles. The van der Waals surface area contributed by atoms with Gasteiger partial charge in [0.2, 0.25) is 5.91 Å². The number of para-hydroxylation sites is 1. The van der Waals surface area contributed by atoms with Crippen molar-refractivity contribution in [1.29, 1.82) is 0 Å². The van der Waals surface area contributed by atoms with Crippen molar-refractivity contribution in [3.8, 4) is 5.75 Å². The Kier molecular flexibility index (Phi) is 5.29. The Morgan fingerprint density at radius 1 is 1.13 bits per heavy atom. The minimum absolute atomic E-state index is 0.189. The number of ether oxygens (including phenoxy) is 2. The Morgan fingerprint density at radius 2 is 1.84 bits per heavy atom. The van der Waals surface area contributed by atoms with Crippen molar-refractivity contribution in [3.05, 3.63) is 48.5 Å². The maximum Gasteiger partial charge on any atom is 0.573 e. The molecular formula is C20H15F3N2O5S. The van der Waals surface area contributed by atoms with Gasteiger partial charge in [-0.25, -0.2) is 4.79 Å². The van der Waals surface area contributed by atoms with Gasteiger partial charge in [-0.05, 0) is 36.4 Å². The first kappa shape index (κ1) is 21.0. The van der Waals surface area contributed by atoms with E-state index in [0.717, 1.165) is 17.0 Å². The number of nitrogens with one attached hydrogen (secondary N) is 1. The summed E-state index contributed by atoms with van der Waals surface area (Å²) in [5.41, 5.74) is 0.839. The predicted molar refractivity (Wildman–Crippen MR) is 104 cm³/mol. The van der Waals surface area contributed by atoms with Crippen LogP contribution in [-0.2, 0) is 19.1 Å². The highest BCUT2D eigenvalue weighted by Gasteiger charge is 2.58. The molecule has 11 heteroatoms. The molecule has 2 aromatic carbocycles. The van der Waals surface area contributed by atoms with E-state index < -0.39 is 35.5 Å². The number of nitrogens with zero attached hydrogens (tertiary/aromatic N) is 1. The number of benzene rings is 2.